The highest BCUT2D eigenvalue weighted by Gasteiger charge is 2.37. The largest absolute Gasteiger partial charge is 0.383 e. The average molecular weight is 374 g/mol. The number of pyridine rings is 1. The van der Waals surface area contributed by atoms with Crippen LogP contribution in [-0.4, -0.2) is 51.9 Å². The molecule has 9 heteroatoms. The summed E-state index contributed by atoms with van der Waals surface area (Å²) >= 11 is 1.37. The van der Waals surface area contributed by atoms with Gasteiger partial charge in [-0.1, -0.05) is 6.07 Å². The summed E-state index contributed by atoms with van der Waals surface area (Å²) in [4.78, 5) is 34.9. The van der Waals surface area contributed by atoms with Gasteiger partial charge in [-0.25, -0.2) is 9.97 Å². The molecule has 0 spiro atoms. The Morgan fingerprint density at radius 3 is 2.96 bits per heavy atom. The first kappa shape index (κ1) is 18.3. The highest BCUT2D eigenvalue weighted by Crippen LogP contribution is 2.23. The lowest BCUT2D eigenvalue weighted by Crippen LogP contribution is -2.42. The lowest BCUT2D eigenvalue weighted by molar-refractivity contribution is -0.125. The smallest absolute Gasteiger partial charge is 0.271 e. The van der Waals surface area contributed by atoms with Crippen LogP contribution in [0.3, 0.4) is 0 Å². The summed E-state index contributed by atoms with van der Waals surface area (Å²) in [7, 11) is 0. The minimum Gasteiger partial charge on any atom is -0.383 e. The van der Waals surface area contributed by atoms with Gasteiger partial charge < -0.3 is 16.4 Å². The zero-order chi connectivity index (χ0) is 18.5. The van der Waals surface area contributed by atoms with E-state index in [1.54, 1.807) is 17.1 Å². The molecular weight excluding hydrogens is 352 g/mol. The van der Waals surface area contributed by atoms with Crippen molar-refractivity contribution >= 4 is 29.0 Å². The van der Waals surface area contributed by atoms with E-state index >= 15 is 0 Å². The monoisotopic (exact) mass is 374 g/mol. The Kier molecular flexibility index (Phi) is 5.79. The van der Waals surface area contributed by atoms with E-state index in [-0.39, 0.29) is 23.9 Å². The van der Waals surface area contributed by atoms with Crippen LogP contribution in [-0.2, 0) is 11.3 Å². The van der Waals surface area contributed by atoms with Gasteiger partial charge in [0.15, 0.2) is 0 Å². The molecule has 26 heavy (non-hydrogen) atoms. The molecule has 3 heterocycles. The fraction of sp³-hybridized carbons (Fsp3) is 0.412. The maximum Gasteiger partial charge on any atom is 0.271 e. The van der Waals surface area contributed by atoms with Crippen molar-refractivity contribution in [1.82, 2.24) is 25.5 Å². The van der Waals surface area contributed by atoms with Crippen LogP contribution in [0, 0.1) is 0 Å². The molecule has 0 aromatic carbocycles. The van der Waals surface area contributed by atoms with Gasteiger partial charge in [0.1, 0.15) is 11.5 Å². The van der Waals surface area contributed by atoms with Gasteiger partial charge in [-0.2, -0.15) is 0 Å². The summed E-state index contributed by atoms with van der Waals surface area (Å²) in [5.41, 5.74) is 8.84. The maximum atomic E-state index is 12.5. The Labute approximate surface area is 155 Å². The molecule has 0 radical (unpaired) electrons. The molecule has 1 fully saturated rings. The molecule has 0 aliphatic carbocycles. The predicted molar refractivity (Wildman–Crippen MR) is 99.5 cm³/mol. The normalized spacial score (nSPS) is 20.0. The summed E-state index contributed by atoms with van der Waals surface area (Å²) in [6, 6.07) is 3.27. The SMILES string of the molecule is CCNC(=O)[C@@H]1C[C@@H](NC(=O)c2cscn2)CN1Cc1cccnc1N. The number of likely N-dealkylation sites (N-methyl/N-ethyl adjacent to an activating group) is 1. The fourth-order valence-corrected chi connectivity index (χ4v) is 3.67. The Bertz CT molecular complexity index is 766. The minimum atomic E-state index is -0.324. The van der Waals surface area contributed by atoms with Gasteiger partial charge >= 0.3 is 0 Å². The van der Waals surface area contributed by atoms with Crippen LogP contribution < -0.4 is 16.4 Å². The number of hydrogen-bond donors (Lipinski definition) is 3. The molecule has 2 atom stereocenters. The Morgan fingerprint density at radius 2 is 2.27 bits per heavy atom. The van der Waals surface area contributed by atoms with Gasteiger partial charge in [0, 0.05) is 42.8 Å². The number of nitrogen functional groups attached to an aromatic ring is 1. The van der Waals surface area contributed by atoms with Crippen molar-refractivity contribution in [1.29, 1.82) is 0 Å². The first-order valence-corrected chi connectivity index (χ1v) is 9.43. The number of amides is 2. The van der Waals surface area contributed by atoms with Gasteiger partial charge in [0.05, 0.1) is 11.6 Å². The maximum absolute atomic E-state index is 12.5. The van der Waals surface area contributed by atoms with Crippen molar-refractivity contribution in [2.75, 3.05) is 18.8 Å². The standard InChI is InChI=1S/C17H22N6O2S/c1-2-19-17(25)14-6-12(22-16(24)13-9-26-10-21-13)8-23(14)7-11-4-3-5-20-15(11)18/h3-5,9-10,12,14H,2,6-8H2,1H3,(H2,18,20)(H,19,25)(H,22,24)/t12-,14+/m1/s1. The molecule has 1 aliphatic rings. The lowest BCUT2D eigenvalue weighted by Gasteiger charge is -2.23. The van der Waals surface area contributed by atoms with E-state index in [2.05, 4.69) is 20.6 Å². The van der Waals surface area contributed by atoms with E-state index in [1.807, 2.05) is 24.0 Å². The van der Waals surface area contributed by atoms with Crippen molar-refractivity contribution < 1.29 is 9.59 Å². The molecule has 1 aliphatic heterocycles. The number of anilines is 1. The number of aromatic nitrogens is 2. The molecule has 138 valence electrons. The topological polar surface area (TPSA) is 113 Å². The highest BCUT2D eigenvalue weighted by molar-refractivity contribution is 7.07. The predicted octanol–water partition coefficient (Wildman–Crippen LogP) is 0.629. The number of carbonyl (C=O) groups excluding carboxylic acids is 2. The van der Waals surface area contributed by atoms with E-state index in [9.17, 15) is 9.59 Å². The molecule has 1 saturated heterocycles. The van der Waals surface area contributed by atoms with Crippen molar-refractivity contribution in [3.05, 3.63) is 40.5 Å². The summed E-state index contributed by atoms with van der Waals surface area (Å²) in [5.74, 6) is 0.200. The average Bonchev–Trinajstić information content (AvgIpc) is 3.27. The molecule has 2 aromatic heterocycles. The van der Waals surface area contributed by atoms with Crippen molar-refractivity contribution in [3.63, 3.8) is 0 Å². The van der Waals surface area contributed by atoms with Crippen LogP contribution in [0.1, 0.15) is 29.4 Å². The molecule has 2 amide bonds. The van der Waals surface area contributed by atoms with Crippen LogP contribution in [0.25, 0.3) is 0 Å². The van der Waals surface area contributed by atoms with Gasteiger partial charge in [-0.05, 0) is 19.4 Å². The highest BCUT2D eigenvalue weighted by atomic mass is 32.1. The third-order valence-corrected chi connectivity index (χ3v) is 4.94. The van der Waals surface area contributed by atoms with Crippen LogP contribution >= 0.6 is 11.3 Å². The van der Waals surface area contributed by atoms with Crippen LogP contribution in [0.2, 0.25) is 0 Å². The number of nitrogens with one attached hydrogen (secondary N) is 2. The molecule has 0 saturated carbocycles. The van der Waals surface area contributed by atoms with Crippen molar-refractivity contribution in [2.24, 2.45) is 0 Å². The molecule has 2 aromatic rings. The van der Waals surface area contributed by atoms with E-state index in [1.165, 1.54) is 11.3 Å². The van der Waals surface area contributed by atoms with E-state index in [0.29, 0.717) is 37.6 Å². The first-order chi connectivity index (χ1) is 12.6. The molecule has 4 N–H and O–H groups in total. The molecular formula is C17H22N6O2S. The van der Waals surface area contributed by atoms with Gasteiger partial charge in [0.2, 0.25) is 5.91 Å². The van der Waals surface area contributed by atoms with Gasteiger partial charge in [-0.3, -0.25) is 14.5 Å². The minimum absolute atomic E-state index is 0.0413. The zero-order valence-electron chi connectivity index (χ0n) is 14.5. The quantitative estimate of drug-likeness (QED) is 0.683. The lowest BCUT2D eigenvalue weighted by atomic mass is 10.1. The summed E-state index contributed by atoms with van der Waals surface area (Å²) in [5, 5.41) is 7.55. The van der Waals surface area contributed by atoms with E-state index in [0.717, 1.165) is 5.56 Å². The third kappa shape index (κ3) is 4.17. The third-order valence-electron chi connectivity index (χ3n) is 4.36. The fourth-order valence-electron chi connectivity index (χ4n) is 3.13. The van der Waals surface area contributed by atoms with E-state index < -0.39 is 0 Å². The van der Waals surface area contributed by atoms with Crippen molar-refractivity contribution in [2.45, 2.75) is 32.0 Å². The number of nitrogens with zero attached hydrogens (tertiary/aromatic N) is 3. The number of thiazole rings is 1. The Balaban J connectivity index is 1.71. The number of nitrogens with two attached hydrogens (primary N) is 1. The summed E-state index contributed by atoms with van der Waals surface area (Å²) < 4.78 is 0. The van der Waals surface area contributed by atoms with Crippen LogP contribution in [0.5, 0.6) is 0 Å². The number of rotatable bonds is 6. The first-order valence-electron chi connectivity index (χ1n) is 8.48. The second-order valence-electron chi connectivity index (χ2n) is 6.17. The Hall–Kier alpha value is -2.52. The molecule has 8 nitrogen and oxygen atoms in total. The van der Waals surface area contributed by atoms with E-state index in [4.69, 9.17) is 5.73 Å². The summed E-state index contributed by atoms with van der Waals surface area (Å²) in [6.45, 7) is 3.52. The van der Waals surface area contributed by atoms with Crippen molar-refractivity contribution in [3.8, 4) is 0 Å². The Morgan fingerprint density at radius 1 is 1.42 bits per heavy atom. The second-order valence-corrected chi connectivity index (χ2v) is 6.89. The van der Waals surface area contributed by atoms with Crippen LogP contribution in [0.15, 0.2) is 29.2 Å². The number of likely N-dealkylation sites (tertiary alicyclic amines) is 1. The molecule has 3 rings (SSSR count). The van der Waals surface area contributed by atoms with Gasteiger partial charge in [-0.15, -0.1) is 11.3 Å². The molecule has 0 unspecified atom stereocenters. The zero-order valence-corrected chi connectivity index (χ0v) is 15.3. The van der Waals surface area contributed by atoms with Crippen LogP contribution in [0.4, 0.5) is 5.82 Å². The van der Waals surface area contributed by atoms with Gasteiger partial charge in [0.25, 0.3) is 5.91 Å². The summed E-state index contributed by atoms with van der Waals surface area (Å²) in [6.07, 6.45) is 2.18. The number of hydrogen-bond acceptors (Lipinski definition) is 7. The number of carbonyl (C=O) groups is 2. The molecule has 0 bridgehead atoms. The second kappa shape index (κ2) is 8.24.